The summed E-state index contributed by atoms with van der Waals surface area (Å²) in [5, 5.41) is 8.99. The number of aliphatic hydroxyl groups excluding tert-OH is 1. The van der Waals surface area contributed by atoms with E-state index in [-0.39, 0.29) is 18.5 Å². The van der Waals surface area contributed by atoms with Crippen LogP contribution in [-0.2, 0) is 4.74 Å². The Bertz CT molecular complexity index is 363. The van der Waals surface area contributed by atoms with E-state index in [1.54, 1.807) is 25.3 Å². The van der Waals surface area contributed by atoms with Gasteiger partial charge in [-0.15, -0.1) is 0 Å². The number of benzene rings is 1. The highest BCUT2D eigenvalue weighted by molar-refractivity contribution is 5.20. The van der Waals surface area contributed by atoms with Crippen LogP contribution in [0.15, 0.2) is 24.3 Å². The predicted molar refractivity (Wildman–Crippen MR) is 73.3 cm³/mol. The minimum absolute atomic E-state index is 0.0959. The smallest absolute Gasteiger partial charge is 0.127 e. The lowest BCUT2D eigenvalue weighted by atomic mass is 10.0. The van der Waals surface area contributed by atoms with Crippen LogP contribution in [0, 0.1) is 5.82 Å². The van der Waals surface area contributed by atoms with E-state index in [1.807, 2.05) is 0 Å². The lowest BCUT2D eigenvalue weighted by molar-refractivity contribution is 0.128. The maximum absolute atomic E-state index is 13.6. The Kier molecular flexibility index (Phi) is 7.59. The monoisotopic (exact) mass is 270 g/mol. The largest absolute Gasteiger partial charge is 0.395 e. The van der Waals surface area contributed by atoms with Gasteiger partial charge in [0, 0.05) is 38.3 Å². The summed E-state index contributed by atoms with van der Waals surface area (Å²) < 4.78 is 18.6. The van der Waals surface area contributed by atoms with Crippen molar-refractivity contribution in [3.8, 4) is 0 Å². The fraction of sp³-hybridized carbons (Fsp3) is 0.571. The molecule has 0 saturated carbocycles. The number of ether oxygens (including phenoxy) is 1. The molecule has 0 aromatic heterocycles. The third kappa shape index (κ3) is 5.65. The van der Waals surface area contributed by atoms with Gasteiger partial charge in [0.25, 0.3) is 0 Å². The van der Waals surface area contributed by atoms with E-state index in [4.69, 9.17) is 15.6 Å². The number of methoxy groups -OCH3 is 1. The molecule has 1 aromatic carbocycles. The molecule has 0 bridgehead atoms. The number of aliphatic hydroxyl groups is 1. The van der Waals surface area contributed by atoms with Gasteiger partial charge in [-0.3, -0.25) is 4.90 Å². The highest BCUT2D eigenvalue weighted by Crippen LogP contribution is 2.17. The second-order valence-electron chi connectivity index (χ2n) is 4.47. The van der Waals surface area contributed by atoms with Crippen molar-refractivity contribution < 1.29 is 14.2 Å². The average molecular weight is 270 g/mol. The molecule has 1 atom stereocenters. The minimum Gasteiger partial charge on any atom is -0.395 e. The van der Waals surface area contributed by atoms with Gasteiger partial charge in [0.15, 0.2) is 0 Å². The van der Waals surface area contributed by atoms with Gasteiger partial charge in [0.05, 0.1) is 13.2 Å². The summed E-state index contributed by atoms with van der Waals surface area (Å²) in [6.07, 6.45) is 0.643. The van der Waals surface area contributed by atoms with Crippen LogP contribution < -0.4 is 5.73 Å². The molecule has 108 valence electrons. The minimum atomic E-state index is -0.329. The van der Waals surface area contributed by atoms with E-state index in [0.29, 0.717) is 31.7 Å². The molecular weight excluding hydrogens is 247 g/mol. The number of hydrogen-bond donors (Lipinski definition) is 2. The van der Waals surface area contributed by atoms with Crippen molar-refractivity contribution in [3.63, 3.8) is 0 Å². The van der Waals surface area contributed by atoms with Crippen LogP contribution in [0.2, 0.25) is 0 Å². The zero-order valence-electron chi connectivity index (χ0n) is 11.4. The lowest BCUT2D eigenvalue weighted by Crippen LogP contribution is -2.33. The van der Waals surface area contributed by atoms with E-state index < -0.39 is 0 Å². The number of rotatable bonds is 9. The fourth-order valence-corrected chi connectivity index (χ4v) is 1.95. The Morgan fingerprint density at radius 1 is 1.32 bits per heavy atom. The normalized spacial score (nSPS) is 12.9. The van der Waals surface area contributed by atoms with Crippen LogP contribution in [0.3, 0.4) is 0 Å². The Morgan fingerprint density at radius 2 is 2.05 bits per heavy atom. The van der Waals surface area contributed by atoms with Crippen LogP contribution in [-0.4, -0.2) is 50.0 Å². The zero-order chi connectivity index (χ0) is 14.1. The summed E-state index contributed by atoms with van der Waals surface area (Å²) in [4.78, 5) is 2.06. The molecule has 19 heavy (non-hydrogen) atoms. The van der Waals surface area contributed by atoms with E-state index in [1.165, 1.54) is 6.07 Å². The van der Waals surface area contributed by atoms with Crippen LogP contribution in [0.5, 0.6) is 0 Å². The predicted octanol–water partition coefficient (Wildman–Crippen LogP) is 1.16. The van der Waals surface area contributed by atoms with Gasteiger partial charge in [-0.2, -0.15) is 0 Å². The molecule has 0 fully saturated rings. The maximum atomic E-state index is 13.6. The molecule has 0 radical (unpaired) electrons. The summed E-state index contributed by atoms with van der Waals surface area (Å²) in [7, 11) is 1.64. The van der Waals surface area contributed by atoms with Crippen LogP contribution >= 0.6 is 0 Å². The average Bonchev–Trinajstić information content (AvgIpc) is 2.42. The molecule has 1 rings (SSSR count). The number of hydrogen-bond acceptors (Lipinski definition) is 4. The molecule has 3 N–H and O–H groups in total. The topological polar surface area (TPSA) is 58.7 Å². The van der Waals surface area contributed by atoms with Crippen LogP contribution in [0.1, 0.15) is 18.0 Å². The molecule has 0 aliphatic carbocycles. The van der Waals surface area contributed by atoms with E-state index >= 15 is 0 Å². The molecule has 0 spiro atoms. The molecule has 1 unspecified atom stereocenters. The zero-order valence-corrected chi connectivity index (χ0v) is 11.4. The molecular formula is C14H23FN2O2. The highest BCUT2D eigenvalue weighted by atomic mass is 19.1. The van der Waals surface area contributed by atoms with Gasteiger partial charge < -0.3 is 15.6 Å². The summed E-state index contributed by atoms with van der Waals surface area (Å²) in [6, 6.07) is 6.25. The molecule has 1 aromatic rings. The standard InChI is InChI=1S/C14H23FN2O2/c1-19-11-9-17(8-10-18)7-6-14(16)12-4-2-3-5-13(12)15/h2-5,14,18H,6-11,16H2,1H3. The van der Waals surface area contributed by atoms with Crippen LogP contribution in [0.4, 0.5) is 4.39 Å². The van der Waals surface area contributed by atoms with Gasteiger partial charge in [-0.25, -0.2) is 4.39 Å². The SMILES string of the molecule is COCCN(CCO)CCC(N)c1ccccc1F. The molecule has 0 heterocycles. The Labute approximate surface area is 114 Å². The third-order valence-corrected chi connectivity index (χ3v) is 3.09. The van der Waals surface area contributed by atoms with Gasteiger partial charge in [-0.1, -0.05) is 18.2 Å². The molecule has 4 nitrogen and oxygen atoms in total. The van der Waals surface area contributed by atoms with Gasteiger partial charge in [0.2, 0.25) is 0 Å². The fourth-order valence-electron chi connectivity index (χ4n) is 1.95. The molecule has 0 aliphatic rings. The van der Waals surface area contributed by atoms with Crippen molar-refractivity contribution in [3.05, 3.63) is 35.6 Å². The lowest BCUT2D eigenvalue weighted by Gasteiger charge is -2.23. The van der Waals surface area contributed by atoms with Gasteiger partial charge in [0.1, 0.15) is 5.82 Å². The number of nitrogens with zero attached hydrogens (tertiary/aromatic N) is 1. The van der Waals surface area contributed by atoms with Crippen molar-refractivity contribution in [1.82, 2.24) is 4.90 Å². The van der Waals surface area contributed by atoms with E-state index in [0.717, 1.165) is 6.54 Å². The summed E-state index contributed by atoms with van der Waals surface area (Å²) in [6.45, 7) is 2.72. The first-order valence-corrected chi connectivity index (χ1v) is 6.51. The molecule has 0 amide bonds. The van der Waals surface area contributed by atoms with Crippen molar-refractivity contribution in [2.24, 2.45) is 5.73 Å². The van der Waals surface area contributed by atoms with Crippen molar-refractivity contribution in [2.75, 3.05) is 40.0 Å². The molecule has 0 saturated heterocycles. The summed E-state index contributed by atoms with van der Waals surface area (Å²) in [5.74, 6) is -0.263. The first kappa shape index (κ1) is 16.0. The Hall–Kier alpha value is -1.01. The highest BCUT2D eigenvalue weighted by Gasteiger charge is 2.12. The van der Waals surface area contributed by atoms with Gasteiger partial charge >= 0.3 is 0 Å². The molecule has 0 aliphatic heterocycles. The van der Waals surface area contributed by atoms with Gasteiger partial charge in [-0.05, 0) is 12.5 Å². The van der Waals surface area contributed by atoms with E-state index in [9.17, 15) is 4.39 Å². The van der Waals surface area contributed by atoms with Crippen molar-refractivity contribution in [1.29, 1.82) is 0 Å². The van der Waals surface area contributed by atoms with Crippen molar-refractivity contribution >= 4 is 0 Å². The van der Waals surface area contributed by atoms with Crippen LogP contribution in [0.25, 0.3) is 0 Å². The van der Waals surface area contributed by atoms with E-state index in [2.05, 4.69) is 4.90 Å². The summed E-state index contributed by atoms with van der Waals surface area (Å²) >= 11 is 0. The third-order valence-electron chi connectivity index (χ3n) is 3.09. The Morgan fingerprint density at radius 3 is 2.68 bits per heavy atom. The first-order chi connectivity index (χ1) is 9.19. The maximum Gasteiger partial charge on any atom is 0.127 e. The quantitative estimate of drug-likeness (QED) is 0.707. The van der Waals surface area contributed by atoms with Crippen molar-refractivity contribution in [2.45, 2.75) is 12.5 Å². The molecule has 5 heteroatoms. The summed E-state index contributed by atoms with van der Waals surface area (Å²) in [5.41, 5.74) is 6.55. The first-order valence-electron chi connectivity index (χ1n) is 6.51. The second-order valence-corrected chi connectivity index (χ2v) is 4.47. The number of nitrogens with two attached hydrogens (primary N) is 1. The number of halogens is 1. The Balaban J connectivity index is 2.47. The second kappa shape index (κ2) is 8.98.